The molecule has 3 heterocycles. The van der Waals surface area contributed by atoms with Crippen LogP contribution in [0.4, 0.5) is 11.6 Å². The summed E-state index contributed by atoms with van der Waals surface area (Å²) in [5.41, 5.74) is 2.43. The van der Waals surface area contributed by atoms with Gasteiger partial charge in [0.15, 0.2) is 0 Å². The lowest BCUT2D eigenvalue weighted by Gasteiger charge is -2.35. The van der Waals surface area contributed by atoms with Crippen molar-refractivity contribution >= 4 is 29.1 Å². The molecule has 4 rings (SSSR count). The molecule has 0 atom stereocenters. The lowest BCUT2D eigenvalue weighted by Crippen LogP contribution is -2.53. The molecule has 1 aromatic carbocycles. The van der Waals surface area contributed by atoms with Gasteiger partial charge in [0.2, 0.25) is 5.95 Å². The normalized spacial score (nSPS) is 13.9. The predicted octanol–water partition coefficient (Wildman–Crippen LogP) is 3.14. The molecule has 2 N–H and O–H groups in total. The minimum Gasteiger partial charge on any atom is -0.495 e. The third-order valence-corrected chi connectivity index (χ3v) is 5.27. The van der Waals surface area contributed by atoms with Crippen LogP contribution >= 0.6 is 11.6 Å². The van der Waals surface area contributed by atoms with E-state index in [0.29, 0.717) is 46.8 Å². The monoisotopic (exact) mass is 442 g/mol. The number of amides is 1. The summed E-state index contributed by atoms with van der Waals surface area (Å²) >= 11 is 6.32. The minimum atomic E-state index is -0.448. The molecule has 9 nitrogen and oxygen atoms in total. The number of anilines is 2. The molecular weight excluding hydrogens is 420 g/mol. The summed E-state index contributed by atoms with van der Waals surface area (Å²) in [5.74, 6) is 0.655. The third kappa shape index (κ3) is 4.33. The van der Waals surface area contributed by atoms with Gasteiger partial charge in [0.05, 0.1) is 42.0 Å². The van der Waals surface area contributed by atoms with Crippen LogP contribution in [0.25, 0.3) is 11.3 Å². The highest BCUT2D eigenvalue weighted by Gasteiger charge is 2.29. The summed E-state index contributed by atoms with van der Waals surface area (Å²) in [6, 6.07) is 5.30. The highest BCUT2D eigenvalue weighted by molar-refractivity contribution is 6.32. The number of aliphatic hydroxyl groups is 1. The van der Waals surface area contributed by atoms with Crippen LogP contribution in [-0.2, 0) is 0 Å². The maximum absolute atomic E-state index is 12.5. The van der Waals surface area contributed by atoms with Gasteiger partial charge < -0.3 is 20.1 Å². The van der Waals surface area contributed by atoms with Crippen LogP contribution in [0.3, 0.4) is 0 Å². The molecule has 162 valence electrons. The van der Waals surface area contributed by atoms with Crippen molar-refractivity contribution in [1.29, 1.82) is 0 Å². The first-order chi connectivity index (χ1) is 14.9. The summed E-state index contributed by atoms with van der Waals surface area (Å²) in [7, 11) is 1.52. The lowest BCUT2D eigenvalue weighted by atomic mass is 10.1. The number of carbonyl (C=O) groups excluding carboxylic acids is 1. The number of nitrogens with one attached hydrogen (secondary N) is 1. The Kier molecular flexibility index (Phi) is 5.79. The van der Waals surface area contributed by atoms with E-state index in [9.17, 15) is 9.90 Å². The van der Waals surface area contributed by atoms with Gasteiger partial charge in [0.1, 0.15) is 5.75 Å². The second-order valence-electron chi connectivity index (χ2n) is 7.60. The Balaban J connectivity index is 1.58. The largest absolute Gasteiger partial charge is 0.495 e. The van der Waals surface area contributed by atoms with Crippen LogP contribution in [0.15, 0.2) is 36.8 Å². The number of methoxy groups -OCH3 is 1. The van der Waals surface area contributed by atoms with Crippen LogP contribution in [0.2, 0.25) is 5.02 Å². The fourth-order valence-corrected chi connectivity index (χ4v) is 3.42. The number of β-amino-alcohol motifs (C(OH)–C–C–N with tert-alkyl or cyclic N) is 1. The van der Waals surface area contributed by atoms with E-state index in [2.05, 4.69) is 20.4 Å². The number of hydrogen-bond acceptors (Lipinski definition) is 7. The first-order valence-electron chi connectivity index (χ1n) is 9.85. The lowest BCUT2D eigenvalue weighted by molar-refractivity contribution is 0.00588. The fraction of sp³-hybridized carbons (Fsp3) is 0.333. The van der Waals surface area contributed by atoms with Crippen LogP contribution in [0, 0.1) is 0 Å². The van der Waals surface area contributed by atoms with Gasteiger partial charge in [-0.15, -0.1) is 0 Å². The topological polar surface area (TPSA) is 105 Å². The highest BCUT2D eigenvalue weighted by Crippen LogP contribution is 2.31. The zero-order valence-electron chi connectivity index (χ0n) is 17.4. The maximum atomic E-state index is 12.5. The van der Waals surface area contributed by atoms with Crippen LogP contribution in [0.1, 0.15) is 30.2 Å². The number of benzene rings is 1. The Morgan fingerprint density at radius 1 is 1.32 bits per heavy atom. The van der Waals surface area contributed by atoms with Crippen molar-refractivity contribution in [1.82, 2.24) is 24.6 Å². The first-order valence-corrected chi connectivity index (χ1v) is 10.2. The van der Waals surface area contributed by atoms with Gasteiger partial charge in [-0.05, 0) is 32.0 Å². The fourth-order valence-electron chi connectivity index (χ4n) is 3.22. The molecule has 31 heavy (non-hydrogen) atoms. The van der Waals surface area contributed by atoms with Gasteiger partial charge >= 0.3 is 0 Å². The van der Waals surface area contributed by atoms with Gasteiger partial charge in [0, 0.05) is 36.5 Å². The second-order valence-corrected chi connectivity index (χ2v) is 8.00. The number of nitrogens with zero attached hydrogens (tertiary/aromatic N) is 5. The van der Waals surface area contributed by atoms with E-state index in [-0.39, 0.29) is 11.9 Å². The minimum absolute atomic E-state index is 0.151. The van der Waals surface area contributed by atoms with Gasteiger partial charge in [-0.2, -0.15) is 5.10 Å². The van der Waals surface area contributed by atoms with Crippen molar-refractivity contribution < 1.29 is 14.6 Å². The van der Waals surface area contributed by atoms with Crippen molar-refractivity contribution in [3.63, 3.8) is 0 Å². The predicted molar refractivity (Wildman–Crippen MR) is 117 cm³/mol. The van der Waals surface area contributed by atoms with Crippen molar-refractivity contribution in [3.8, 4) is 17.0 Å². The molecule has 10 heteroatoms. The SMILES string of the molecule is COc1cc(C(=O)N2CC(O)C2)ccc1Nc1ncc(Cl)c(-c2cnn(C(C)C)c2)n1. The van der Waals surface area contributed by atoms with E-state index in [1.165, 1.54) is 13.3 Å². The molecule has 0 radical (unpaired) electrons. The second kappa shape index (κ2) is 8.52. The zero-order chi connectivity index (χ0) is 22.1. The molecule has 0 bridgehead atoms. The molecule has 1 amide bonds. The van der Waals surface area contributed by atoms with Crippen molar-refractivity contribution in [2.24, 2.45) is 0 Å². The number of likely N-dealkylation sites (tertiary alicyclic amines) is 1. The molecule has 2 aromatic heterocycles. The van der Waals surface area contributed by atoms with Gasteiger partial charge in [-0.3, -0.25) is 9.48 Å². The summed E-state index contributed by atoms with van der Waals surface area (Å²) in [4.78, 5) is 22.9. The molecule has 0 aliphatic carbocycles. The molecule has 1 fully saturated rings. The number of aromatic nitrogens is 4. The van der Waals surface area contributed by atoms with Crippen molar-refractivity contribution in [3.05, 3.63) is 47.4 Å². The number of aliphatic hydroxyl groups excluding tert-OH is 1. The maximum Gasteiger partial charge on any atom is 0.254 e. The van der Waals surface area contributed by atoms with E-state index < -0.39 is 6.10 Å². The number of rotatable bonds is 6. The summed E-state index contributed by atoms with van der Waals surface area (Å²) in [6.07, 6.45) is 4.68. The van der Waals surface area contributed by atoms with E-state index in [0.717, 1.165) is 5.56 Å². The Bertz CT molecular complexity index is 1110. The van der Waals surface area contributed by atoms with Crippen molar-refractivity contribution in [2.45, 2.75) is 26.0 Å². The van der Waals surface area contributed by atoms with Crippen LogP contribution in [-0.4, -0.2) is 62.0 Å². The van der Waals surface area contributed by atoms with E-state index in [4.69, 9.17) is 16.3 Å². The third-order valence-electron chi connectivity index (χ3n) is 4.99. The zero-order valence-corrected chi connectivity index (χ0v) is 18.2. The van der Waals surface area contributed by atoms with Crippen LogP contribution in [0.5, 0.6) is 5.75 Å². The number of hydrogen-bond donors (Lipinski definition) is 2. The summed E-state index contributed by atoms with van der Waals surface area (Å²) in [5, 5.41) is 17.3. The Labute approximate surface area is 184 Å². The van der Waals surface area contributed by atoms with Gasteiger partial charge in [-0.25, -0.2) is 9.97 Å². The molecule has 0 spiro atoms. The Morgan fingerprint density at radius 3 is 2.74 bits per heavy atom. The highest BCUT2D eigenvalue weighted by atomic mass is 35.5. The first kappa shape index (κ1) is 21.1. The summed E-state index contributed by atoms with van der Waals surface area (Å²) in [6.45, 7) is 4.76. The standard InChI is InChI=1S/C21H23ClN6O3/c1-12(2)28-9-14(7-24-28)19-16(22)8-23-21(26-19)25-17-5-4-13(6-18(17)31-3)20(30)27-10-15(29)11-27/h4-9,12,15,29H,10-11H2,1-3H3,(H,23,25,26). The quantitative estimate of drug-likeness (QED) is 0.604. The van der Waals surface area contributed by atoms with E-state index >= 15 is 0 Å². The molecule has 1 saturated heterocycles. The molecule has 1 aliphatic heterocycles. The van der Waals surface area contributed by atoms with Gasteiger partial charge in [0.25, 0.3) is 5.91 Å². The molecule has 1 aliphatic rings. The Morgan fingerprint density at radius 2 is 2.10 bits per heavy atom. The molecular formula is C21H23ClN6O3. The molecule has 0 unspecified atom stereocenters. The van der Waals surface area contributed by atoms with E-state index in [1.54, 1.807) is 29.3 Å². The molecule has 3 aromatic rings. The smallest absolute Gasteiger partial charge is 0.254 e. The number of halogens is 1. The van der Waals surface area contributed by atoms with E-state index in [1.807, 2.05) is 24.7 Å². The van der Waals surface area contributed by atoms with Crippen molar-refractivity contribution in [2.75, 3.05) is 25.5 Å². The average molecular weight is 443 g/mol. The van der Waals surface area contributed by atoms with Gasteiger partial charge in [-0.1, -0.05) is 11.6 Å². The number of carbonyl (C=O) groups is 1. The van der Waals surface area contributed by atoms with Crippen LogP contribution < -0.4 is 10.1 Å². The molecule has 0 saturated carbocycles. The summed E-state index contributed by atoms with van der Waals surface area (Å²) < 4.78 is 7.28. The number of ether oxygens (including phenoxy) is 1. The Hall–Kier alpha value is -3.17. The average Bonchev–Trinajstić information content (AvgIpc) is 3.23.